The summed E-state index contributed by atoms with van der Waals surface area (Å²) in [6, 6.07) is 5.44. The number of hydrogen-bond acceptors (Lipinski definition) is 5. The van der Waals surface area contributed by atoms with Crippen molar-refractivity contribution in [2.75, 3.05) is 12.5 Å². The van der Waals surface area contributed by atoms with E-state index in [0.29, 0.717) is 0 Å². The molecule has 0 amide bonds. The molecule has 0 saturated carbocycles. The quantitative estimate of drug-likeness (QED) is 0.519. The summed E-state index contributed by atoms with van der Waals surface area (Å²) in [6.45, 7) is 0. The largest absolute Gasteiger partial charge is 0.464 e. The van der Waals surface area contributed by atoms with E-state index >= 15 is 0 Å². The summed E-state index contributed by atoms with van der Waals surface area (Å²) in [7, 11) is 1.08. The highest BCUT2D eigenvalue weighted by molar-refractivity contribution is 6.43. The molecule has 1 rings (SSSR count). The molecule has 0 spiro atoms. The number of hydrazone groups is 1. The van der Waals surface area contributed by atoms with E-state index in [0.717, 1.165) is 31.4 Å². The Labute approximate surface area is 106 Å². The molecule has 19 heavy (non-hydrogen) atoms. The highest BCUT2D eigenvalue weighted by Gasteiger charge is 2.29. The van der Waals surface area contributed by atoms with Gasteiger partial charge in [0.25, 0.3) is 0 Å². The van der Waals surface area contributed by atoms with Gasteiger partial charge >= 0.3 is 12.1 Å². The number of nitriles is 1. The van der Waals surface area contributed by atoms with Crippen LogP contribution in [0.5, 0.6) is 0 Å². The van der Waals surface area contributed by atoms with Crippen molar-refractivity contribution in [1.29, 1.82) is 5.26 Å². The molecule has 5 nitrogen and oxygen atoms in total. The first-order chi connectivity index (χ1) is 8.88. The van der Waals surface area contributed by atoms with Crippen LogP contribution in [-0.4, -0.2) is 18.8 Å². The summed E-state index contributed by atoms with van der Waals surface area (Å²) in [4.78, 5) is 11.0. The fourth-order valence-electron chi connectivity index (χ4n) is 1.07. The molecular weight excluding hydrogens is 263 g/mol. The van der Waals surface area contributed by atoms with E-state index < -0.39 is 23.4 Å². The number of ether oxygens (including phenoxy) is 1. The standard InChI is InChI=1S/C11H8F3N3O2/c1-19-10(18)9(6-15)17-16-8-4-2-7(3-5-8)11(12,13)14/h2-5,16H,1H3. The Bertz CT molecular complexity index is 530. The Hall–Kier alpha value is -2.56. The maximum Gasteiger partial charge on any atom is 0.416 e. The van der Waals surface area contributed by atoms with Crippen molar-refractivity contribution in [3.63, 3.8) is 0 Å². The van der Waals surface area contributed by atoms with Gasteiger partial charge in [0.1, 0.15) is 6.07 Å². The van der Waals surface area contributed by atoms with Gasteiger partial charge in [-0.25, -0.2) is 4.79 Å². The van der Waals surface area contributed by atoms with Crippen molar-refractivity contribution in [1.82, 2.24) is 0 Å². The molecule has 0 heterocycles. The molecule has 100 valence electrons. The van der Waals surface area contributed by atoms with Crippen molar-refractivity contribution >= 4 is 17.4 Å². The van der Waals surface area contributed by atoms with Crippen molar-refractivity contribution < 1.29 is 22.7 Å². The van der Waals surface area contributed by atoms with Crippen LogP contribution in [0.3, 0.4) is 0 Å². The molecule has 0 aliphatic rings. The molecule has 8 heteroatoms. The Morgan fingerprint density at radius 1 is 1.37 bits per heavy atom. The van der Waals surface area contributed by atoms with E-state index in [9.17, 15) is 18.0 Å². The zero-order valence-electron chi connectivity index (χ0n) is 9.65. The minimum absolute atomic E-state index is 0.199. The minimum Gasteiger partial charge on any atom is -0.464 e. The van der Waals surface area contributed by atoms with Crippen molar-refractivity contribution in [2.45, 2.75) is 6.18 Å². The summed E-state index contributed by atoms with van der Waals surface area (Å²) in [5.74, 6) is -0.943. The molecule has 1 aromatic rings. The molecule has 0 unspecified atom stereocenters. The lowest BCUT2D eigenvalue weighted by Gasteiger charge is -2.07. The lowest BCUT2D eigenvalue weighted by atomic mass is 10.2. The normalized spacial score (nSPS) is 11.6. The molecule has 0 atom stereocenters. The summed E-state index contributed by atoms with van der Waals surface area (Å²) < 4.78 is 41.1. The van der Waals surface area contributed by atoms with Crippen LogP contribution < -0.4 is 5.43 Å². The van der Waals surface area contributed by atoms with Gasteiger partial charge in [0.2, 0.25) is 5.71 Å². The van der Waals surface area contributed by atoms with Crippen LogP contribution in [0, 0.1) is 11.3 Å². The molecule has 0 aliphatic carbocycles. The first-order valence-corrected chi connectivity index (χ1v) is 4.88. The van der Waals surface area contributed by atoms with Gasteiger partial charge in [-0.2, -0.15) is 23.5 Å². The minimum atomic E-state index is -4.42. The van der Waals surface area contributed by atoms with E-state index in [-0.39, 0.29) is 5.69 Å². The number of alkyl halides is 3. The SMILES string of the molecule is COC(=O)C(C#N)=NNc1ccc(C(F)(F)F)cc1. The second-order valence-corrected chi connectivity index (χ2v) is 3.25. The first kappa shape index (κ1) is 14.5. The van der Waals surface area contributed by atoms with Gasteiger partial charge < -0.3 is 4.74 Å². The predicted molar refractivity (Wildman–Crippen MR) is 60.1 cm³/mol. The lowest BCUT2D eigenvalue weighted by molar-refractivity contribution is -0.137. The van der Waals surface area contributed by atoms with Crippen molar-refractivity contribution in [3.8, 4) is 6.07 Å². The number of nitrogens with one attached hydrogen (secondary N) is 1. The van der Waals surface area contributed by atoms with Crippen LogP contribution in [0.2, 0.25) is 0 Å². The smallest absolute Gasteiger partial charge is 0.416 e. The van der Waals surface area contributed by atoms with E-state index in [1.165, 1.54) is 6.07 Å². The third-order valence-corrected chi connectivity index (χ3v) is 1.99. The zero-order chi connectivity index (χ0) is 14.5. The maximum atomic E-state index is 12.3. The molecular formula is C11H8F3N3O2. The topological polar surface area (TPSA) is 74.5 Å². The number of methoxy groups -OCH3 is 1. The van der Waals surface area contributed by atoms with Gasteiger partial charge in [0.15, 0.2) is 0 Å². The molecule has 1 aromatic carbocycles. The number of anilines is 1. The number of nitrogens with zero attached hydrogens (tertiary/aromatic N) is 2. The van der Waals surface area contributed by atoms with Gasteiger partial charge in [-0.05, 0) is 24.3 Å². The van der Waals surface area contributed by atoms with E-state index in [1.807, 2.05) is 0 Å². The zero-order valence-corrected chi connectivity index (χ0v) is 9.65. The van der Waals surface area contributed by atoms with Crippen LogP contribution in [0.25, 0.3) is 0 Å². The summed E-state index contributed by atoms with van der Waals surface area (Å²) in [5, 5.41) is 12.0. The Kier molecular flexibility index (Phi) is 4.47. The van der Waals surface area contributed by atoms with Crippen LogP contribution in [0.1, 0.15) is 5.56 Å². The summed E-state index contributed by atoms with van der Waals surface area (Å²) in [5.41, 5.74) is 1.14. The fraction of sp³-hybridized carbons (Fsp3) is 0.182. The predicted octanol–water partition coefficient (Wildman–Crippen LogP) is 2.17. The maximum absolute atomic E-state index is 12.3. The molecule has 0 aliphatic heterocycles. The Balaban J connectivity index is 2.82. The molecule has 0 fully saturated rings. The van der Waals surface area contributed by atoms with Gasteiger partial charge in [0, 0.05) is 0 Å². The Morgan fingerprint density at radius 3 is 2.37 bits per heavy atom. The Morgan fingerprint density at radius 2 is 1.95 bits per heavy atom. The fourth-order valence-corrected chi connectivity index (χ4v) is 1.07. The number of hydrogen-bond donors (Lipinski definition) is 1. The lowest BCUT2D eigenvalue weighted by Crippen LogP contribution is -2.15. The summed E-state index contributed by atoms with van der Waals surface area (Å²) >= 11 is 0. The molecule has 0 radical (unpaired) electrons. The monoisotopic (exact) mass is 271 g/mol. The van der Waals surface area contributed by atoms with Gasteiger partial charge in [-0.3, -0.25) is 5.43 Å². The third-order valence-electron chi connectivity index (χ3n) is 1.99. The number of benzene rings is 1. The van der Waals surface area contributed by atoms with Crippen molar-refractivity contribution in [3.05, 3.63) is 29.8 Å². The van der Waals surface area contributed by atoms with E-state index in [4.69, 9.17) is 5.26 Å². The third kappa shape index (κ3) is 3.99. The molecule has 1 N–H and O–H groups in total. The number of rotatable bonds is 3. The first-order valence-electron chi connectivity index (χ1n) is 4.88. The molecule has 0 saturated heterocycles. The average molecular weight is 271 g/mol. The number of carbonyl (C=O) groups excluding carboxylic acids is 1. The summed E-state index contributed by atoms with van der Waals surface area (Å²) in [6.07, 6.45) is -4.42. The van der Waals surface area contributed by atoms with Gasteiger partial charge in [0.05, 0.1) is 18.4 Å². The van der Waals surface area contributed by atoms with E-state index in [1.54, 1.807) is 0 Å². The second-order valence-electron chi connectivity index (χ2n) is 3.25. The van der Waals surface area contributed by atoms with Crippen LogP contribution in [-0.2, 0) is 15.7 Å². The average Bonchev–Trinajstić information content (AvgIpc) is 2.38. The molecule has 0 aromatic heterocycles. The van der Waals surface area contributed by atoms with Gasteiger partial charge in [-0.15, -0.1) is 0 Å². The number of esters is 1. The molecule has 0 bridgehead atoms. The van der Waals surface area contributed by atoms with Crippen LogP contribution in [0.4, 0.5) is 18.9 Å². The number of halogens is 3. The van der Waals surface area contributed by atoms with Crippen LogP contribution in [0.15, 0.2) is 29.4 Å². The highest BCUT2D eigenvalue weighted by atomic mass is 19.4. The highest BCUT2D eigenvalue weighted by Crippen LogP contribution is 2.29. The van der Waals surface area contributed by atoms with Gasteiger partial charge in [-0.1, -0.05) is 0 Å². The van der Waals surface area contributed by atoms with E-state index in [2.05, 4.69) is 15.3 Å². The second kappa shape index (κ2) is 5.86. The number of carbonyl (C=O) groups is 1. The van der Waals surface area contributed by atoms with Crippen molar-refractivity contribution in [2.24, 2.45) is 5.10 Å². The van der Waals surface area contributed by atoms with Crippen LogP contribution >= 0.6 is 0 Å².